The maximum absolute atomic E-state index is 12.5. The summed E-state index contributed by atoms with van der Waals surface area (Å²) in [7, 11) is 2.43. The summed E-state index contributed by atoms with van der Waals surface area (Å²) in [6.07, 6.45) is 4.08. The summed E-state index contributed by atoms with van der Waals surface area (Å²) in [6.45, 7) is 8.40. The van der Waals surface area contributed by atoms with Crippen molar-refractivity contribution in [3.63, 3.8) is 0 Å². The van der Waals surface area contributed by atoms with Crippen molar-refractivity contribution in [3.05, 3.63) is 217 Å². The average Bonchev–Trinajstić information content (AvgIpc) is 3.67. The average molecular weight is 1190 g/mol. The number of methoxy groups -OCH3 is 2. The monoisotopic (exact) mass is 1190 g/mol. The van der Waals surface area contributed by atoms with Gasteiger partial charge in [0, 0.05) is 13.4 Å². The van der Waals surface area contributed by atoms with Crippen LogP contribution in [-0.2, 0) is 25.2 Å². The van der Waals surface area contributed by atoms with Gasteiger partial charge in [-0.3, -0.25) is 0 Å². The van der Waals surface area contributed by atoms with Gasteiger partial charge in [-0.05, 0) is 220 Å². The number of esters is 2. The molecule has 0 saturated carbocycles. The third-order valence-corrected chi connectivity index (χ3v) is 17.0. The maximum atomic E-state index is 12.5. The molecule has 13 rings (SSSR count). The molecular weight excluding hydrogens is 1140 g/mol. The molecule has 376 valence electrons. The molecule has 10 heteroatoms. The van der Waals surface area contributed by atoms with E-state index < -0.39 is 0 Å². The Balaban J connectivity index is 0.000000134. The SMILES string of the molecule is CC1(C)OB(c2ccc3c(c2)c2ccccc2c2cc4ccccc4cc32)OC1(C)C.COC(=O)c1ccc(Br)cc1Br.COC(=O)c1ccc(Br)cc1C1=Cc2c(c3cc4ccccc4cc3c3ccccc23)CC1. The number of rotatable bonds is 4. The highest BCUT2D eigenvalue weighted by molar-refractivity contribution is 9.11. The Morgan fingerprint density at radius 3 is 1.43 bits per heavy atom. The van der Waals surface area contributed by atoms with Gasteiger partial charge in [0.2, 0.25) is 0 Å². The molecule has 1 fully saturated rings. The highest BCUT2D eigenvalue weighted by Crippen LogP contribution is 2.43. The largest absolute Gasteiger partial charge is 0.494 e. The van der Waals surface area contributed by atoms with E-state index in [4.69, 9.17) is 14.0 Å². The van der Waals surface area contributed by atoms with Crippen LogP contribution in [0.4, 0.5) is 0 Å². The van der Waals surface area contributed by atoms with Crippen LogP contribution in [0.25, 0.3) is 87.1 Å². The van der Waals surface area contributed by atoms with Crippen LogP contribution >= 0.6 is 47.8 Å². The van der Waals surface area contributed by atoms with E-state index >= 15 is 0 Å². The minimum absolute atomic E-state index is 0.306. The molecule has 0 bridgehead atoms. The van der Waals surface area contributed by atoms with E-state index in [0.29, 0.717) is 11.1 Å². The second-order valence-corrected chi connectivity index (χ2v) is 23.0. The molecule has 6 nitrogen and oxygen atoms in total. The van der Waals surface area contributed by atoms with Crippen LogP contribution < -0.4 is 5.46 Å². The van der Waals surface area contributed by atoms with Crippen LogP contribution in [0, 0.1) is 0 Å². The van der Waals surface area contributed by atoms with E-state index in [0.717, 1.165) is 42.9 Å². The zero-order valence-corrected chi connectivity index (χ0v) is 47.7. The summed E-state index contributed by atoms with van der Waals surface area (Å²) < 4.78 is 24.9. The lowest BCUT2D eigenvalue weighted by molar-refractivity contribution is 0.00578. The Morgan fingerprint density at radius 2 is 0.895 bits per heavy atom. The number of allylic oxidation sites excluding steroid dienone is 1. The van der Waals surface area contributed by atoms with E-state index in [1.165, 1.54) is 101 Å². The van der Waals surface area contributed by atoms with Crippen LogP contribution in [0.1, 0.15) is 71.5 Å². The number of benzene rings is 11. The number of aryl methyl sites for hydroxylation is 1. The summed E-state index contributed by atoms with van der Waals surface area (Å²) in [4.78, 5) is 23.6. The van der Waals surface area contributed by atoms with E-state index in [1.807, 2.05) is 18.2 Å². The van der Waals surface area contributed by atoms with E-state index in [9.17, 15) is 9.59 Å². The number of hydrogen-bond acceptors (Lipinski definition) is 6. The molecule has 0 N–H and O–H groups in total. The minimum Gasteiger partial charge on any atom is -0.465 e. The van der Waals surface area contributed by atoms with Gasteiger partial charge in [0.15, 0.2) is 0 Å². The summed E-state index contributed by atoms with van der Waals surface area (Å²) >= 11 is 10.1. The first-order chi connectivity index (χ1) is 36.6. The Morgan fingerprint density at radius 1 is 0.461 bits per heavy atom. The predicted molar refractivity (Wildman–Crippen MR) is 326 cm³/mol. The van der Waals surface area contributed by atoms with Crippen molar-refractivity contribution in [3.8, 4) is 0 Å². The standard InChI is InChI=1S/C30H21BrO2.C28H25BO2.C8H6Br2O2/c1-33-30(32)25-13-11-21(31)17-26(25)20-10-12-24-27(16-20)22-8-4-5-9-23(22)28-14-18-6-2-3-7-19(18)15-29(24)28;1-27(2)28(3,4)31-29(30-27)20-13-14-23-25-16-19-10-6-5-9-18(19)15-24(25)21-11-7-8-12-22(21)26(23)17-20;1-12-8(11)6-3-2-5(9)4-7(6)10/h2-9,11,13-17H,10,12H2,1H3;5-17H,1-4H3;2-4H,1H3. The van der Waals surface area contributed by atoms with Crippen molar-refractivity contribution in [2.75, 3.05) is 14.2 Å². The Bertz CT molecular complexity index is 4190. The van der Waals surface area contributed by atoms with Crippen molar-refractivity contribution in [2.45, 2.75) is 51.7 Å². The zero-order chi connectivity index (χ0) is 53.0. The van der Waals surface area contributed by atoms with Crippen molar-refractivity contribution in [1.29, 1.82) is 0 Å². The second-order valence-electron chi connectivity index (χ2n) is 20.3. The highest BCUT2D eigenvalue weighted by atomic mass is 79.9. The fraction of sp³-hybridized carbons (Fsp3) is 0.152. The van der Waals surface area contributed by atoms with Crippen LogP contribution in [0.3, 0.4) is 0 Å². The molecule has 1 aliphatic carbocycles. The van der Waals surface area contributed by atoms with Gasteiger partial charge in [0.25, 0.3) is 0 Å². The first kappa shape index (κ1) is 51.5. The van der Waals surface area contributed by atoms with Gasteiger partial charge in [0.05, 0.1) is 36.5 Å². The van der Waals surface area contributed by atoms with Crippen molar-refractivity contribution in [2.24, 2.45) is 0 Å². The van der Waals surface area contributed by atoms with Gasteiger partial charge in [-0.25, -0.2) is 9.59 Å². The van der Waals surface area contributed by atoms with Crippen LogP contribution in [0.15, 0.2) is 189 Å². The fourth-order valence-corrected chi connectivity index (χ4v) is 12.3. The van der Waals surface area contributed by atoms with Crippen molar-refractivity contribution < 1.29 is 28.4 Å². The number of hydrogen-bond donors (Lipinski definition) is 0. The molecule has 0 atom stereocenters. The number of fused-ring (bicyclic) bond motifs is 14. The highest BCUT2D eigenvalue weighted by Gasteiger charge is 2.51. The molecule has 1 aliphatic heterocycles. The van der Waals surface area contributed by atoms with Crippen LogP contribution in [0.2, 0.25) is 0 Å². The van der Waals surface area contributed by atoms with Gasteiger partial charge < -0.3 is 18.8 Å². The Kier molecular flexibility index (Phi) is 14.0. The normalized spacial score (nSPS) is 14.5. The second kappa shape index (κ2) is 20.7. The maximum Gasteiger partial charge on any atom is 0.494 e. The molecule has 0 amide bonds. The van der Waals surface area contributed by atoms with Gasteiger partial charge in [-0.15, -0.1) is 0 Å². The summed E-state index contributed by atoms with van der Waals surface area (Å²) in [6, 6.07) is 61.5. The number of ether oxygens (including phenoxy) is 2. The molecule has 11 aromatic carbocycles. The number of halogens is 3. The van der Waals surface area contributed by atoms with Gasteiger partial charge in [-0.1, -0.05) is 153 Å². The Hall–Kier alpha value is -6.66. The van der Waals surface area contributed by atoms with E-state index in [-0.39, 0.29) is 30.3 Å². The van der Waals surface area contributed by atoms with Crippen molar-refractivity contribution in [1.82, 2.24) is 0 Å². The third kappa shape index (κ3) is 9.53. The lowest BCUT2D eigenvalue weighted by atomic mass is 9.77. The molecule has 1 saturated heterocycles. The molecular formula is C66H52BBr3O6. The molecule has 0 spiro atoms. The van der Waals surface area contributed by atoms with Crippen molar-refractivity contribution >= 4 is 159 Å². The van der Waals surface area contributed by atoms with Gasteiger partial charge >= 0.3 is 19.1 Å². The summed E-state index contributed by atoms with van der Waals surface area (Å²) in [5.41, 5.74) is 6.23. The number of carbonyl (C=O) groups excluding carboxylic acids is 2. The summed E-state index contributed by atoms with van der Waals surface area (Å²) in [5, 5.41) is 17.8. The first-order valence-electron chi connectivity index (χ1n) is 25.2. The Labute approximate surface area is 467 Å². The molecule has 0 aromatic heterocycles. The predicted octanol–water partition coefficient (Wildman–Crippen LogP) is 17.8. The summed E-state index contributed by atoms with van der Waals surface area (Å²) in [5.74, 6) is -0.645. The molecule has 1 heterocycles. The first-order valence-corrected chi connectivity index (χ1v) is 27.6. The molecule has 0 radical (unpaired) electrons. The quantitative estimate of drug-likeness (QED) is 0.0757. The topological polar surface area (TPSA) is 71.1 Å². The lowest BCUT2D eigenvalue weighted by Crippen LogP contribution is -2.41. The van der Waals surface area contributed by atoms with Crippen LogP contribution in [-0.4, -0.2) is 44.5 Å². The smallest absolute Gasteiger partial charge is 0.465 e. The molecule has 0 unspecified atom stereocenters. The molecule has 76 heavy (non-hydrogen) atoms. The van der Waals surface area contributed by atoms with E-state index in [1.54, 1.807) is 18.2 Å². The van der Waals surface area contributed by atoms with Gasteiger partial charge in [-0.2, -0.15) is 0 Å². The van der Waals surface area contributed by atoms with E-state index in [2.05, 4.69) is 226 Å². The number of carbonyl (C=O) groups is 2. The van der Waals surface area contributed by atoms with Gasteiger partial charge in [0.1, 0.15) is 0 Å². The lowest BCUT2D eigenvalue weighted by Gasteiger charge is -2.32. The zero-order valence-electron chi connectivity index (χ0n) is 42.9. The molecule has 11 aromatic rings. The fourth-order valence-electron chi connectivity index (χ4n) is 10.7. The minimum atomic E-state index is -0.361. The van der Waals surface area contributed by atoms with Crippen LogP contribution in [0.5, 0.6) is 0 Å². The molecule has 2 aliphatic rings. The third-order valence-electron chi connectivity index (χ3n) is 15.3.